The molecule has 0 bridgehead atoms. The van der Waals surface area contributed by atoms with Crippen molar-refractivity contribution in [1.29, 1.82) is 0 Å². The summed E-state index contributed by atoms with van der Waals surface area (Å²) >= 11 is 0. The average Bonchev–Trinajstić information content (AvgIpc) is 3.24. The molecule has 8 nitrogen and oxygen atoms in total. The minimum Gasteiger partial charge on any atom is -0.756 e. The number of carbonyl (C=O) groups is 1. The summed E-state index contributed by atoms with van der Waals surface area (Å²) in [5.74, 6) is -0.218. The number of aliphatic hydroxyl groups excluding tert-OH is 1. The van der Waals surface area contributed by atoms with Crippen LogP contribution in [0.3, 0.4) is 0 Å². The van der Waals surface area contributed by atoms with E-state index in [0.29, 0.717) is 17.4 Å². The SMILES string of the molecule is CC/C=C\C/C=C\C/C=C\C/C=C\CCCCCCCCCCC(=O)NC(COP(=O)([O-])OCC[N+](C)(C)C)C(O)/C=C/CC/C=C/CCCCCCCCCCCCCCCC. The van der Waals surface area contributed by atoms with Gasteiger partial charge in [-0.2, -0.15) is 0 Å². The lowest BCUT2D eigenvalue weighted by molar-refractivity contribution is -0.870. The van der Waals surface area contributed by atoms with E-state index in [-0.39, 0.29) is 12.5 Å². The predicted molar refractivity (Wildman–Crippen MR) is 270 cm³/mol. The van der Waals surface area contributed by atoms with Crippen molar-refractivity contribution in [2.24, 2.45) is 0 Å². The van der Waals surface area contributed by atoms with Gasteiger partial charge in [0.15, 0.2) is 0 Å². The second-order valence-corrected chi connectivity index (χ2v) is 19.9. The molecule has 0 aromatic rings. The molecule has 0 fully saturated rings. The molecule has 0 saturated carbocycles. The Morgan fingerprint density at radius 3 is 1.48 bits per heavy atom. The van der Waals surface area contributed by atoms with Gasteiger partial charge in [-0.25, -0.2) is 0 Å². The molecule has 0 aliphatic rings. The molecule has 0 aliphatic carbocycles. The van der Waals surface area contributed by atoms with Crippen molar-refractivity contribution in [3.8, 4) is 0 Å². The molecule has 0 aromatic carbocycles. The number of phosphoric ester groups is 1. The van der Waals surface area contributed by atoms with E-state index in [4.69, 9.17) is 9.05 Å². The van der Waals surface area contributed by atoms with Gasteiger partial charge in [0.1, 0.15) is 13.2 Å². The zero-order valence-corrected chi connectivity index (χ0v) is 42.4. The number of hydrogen-bond donors (Lipinski definition) is 2. The molecule has 0 heterocycles. The van der Waals surface area contributed by atoms with E-state index >= 15 is 0 Å². The molecule has 3 atom stereocenters. The van der Waals surface area contributed by atoms with Crippen LogP contribution in [-0.4, -0.2) is 68.5 Å². The smallest absolute Gasteiger partial charge is 0.268 e. The second kappa shape index (κ2) is 45.1. The van der Waals surface area contributed by atoms with Crippen LogP contribution in [0.15, 0.2) is 72.9 Å². The number of carbonyl (C=O) groups excluding carboxylic acids is 1. The number of amides is 1. The third kappa shape index (κ3) is 47.7. The zero-order chi connectivity index (χ0) is 46.4. The molecular formula is C54H99N2O6P. The lowest BCUT2D eigenvalue weighted by Gasteiger charge is -2.29. The van der Waals surface area contributed by atoms with Gasteiger partial charge in [0.05, 0.1) is 39.9 Å². The lowest BCUT2D eigenvalue weighted by Crippen LogP contribution is -2.45. The van der Waals surface area contributed by atoms with Crippen LogP contribution in [0.2, 0.25) is 0 Å². The summed E-state index contributed by atoms with van der Waals surface area (Å²) in [4.78, 5) is 25.4. The quantitative estimate of drug-likeness (QED) is 0.0273. The molecule has 9 heteroatoms. The van der Waals surface area contributed by atoms with Crippen molar-refractivity contribution < 1.29 is 32.9 Å². The Hall–Kier alpha value is -2.06. The van der Waals surface area contributed by atoms with Crippen molar-refractivity contribution in [3.63, 3.8) is 0 Å². The number of nitrogens with one attached hydrogen (secondary N) is 1. The maximum atomic E-state index is 12.9. The first-order valence-electron chi connectivity index (χ1n) is 25.8. The summed E-state index contributed by atoms with van der Waals surface area (Å²) in [5.41, 5.74) is 0. The Kier molecular flexibility index (Phi) is 43.6. The van der Waals surface area contributed by atoms with E-state index in [9.17, 15) is 19.4 Å². The van der Waals surface area contributed by atoms with Gasteiger partial charge in [-0.3, -0.25) is 9.36 Å². The van der Waals surface area contributed by atoms with Crippen LogP contribution < -0.4 is 10.2 Å². The van der Waals surface area contributed by atoms with Crippen LogP contribution in [0.25, 0.3) is 0 Å². The number of unbranched alkanes of at least 4 members (excludes halogenated alkanes) is 23. The van der Waals surface area contributed by atoms with Gasteiger partial charge >= 0.3 is 0 Å². The highest BCUT2D eigenvalue weighted by atomic mass is 31.2. The summed E-state index contributed by atoms with van der Waals surface area (Å²) in [6.45, 7) is 4.51. The number of rotatable bonds is 46. The largest absolute Gasteiger partial charge is 0.756 e. The first kappa shape index (κ1) is 60.9. The summed E-state index contributed by atoms with van der Waals surface area (Å²) in [6.07, 6.45) is 61.0. The van der Waals surface area contributed by atoms with Crippen molar-refractivity contribution in [3.05, 3.63) is 72.9 Å². The second-order valence-electron chi connectivity index (χ2n) is 18.5. The Bertz CT molecular complexity index is 1250. The Morgan fingerprint density at radius 1 is 0.571 bits per heavy atom. The molecule has 1 amide bonds. The Morgan fingerprint density at radius 2 is 0.984 bits per heavy atom. The molecule has 366 valence electrons. The zero-order valence-electron chi connectivity index (χ0n) is 41.5. The normalized spacial score (nSPS) is 14.7. The number of nitrogens with zero attached hydrogens (tertiary/aromatic N) is 1. The number of quaternary nitrogens is 1. The monoisotopic (exact) mass is 903 g/mol. The number of likely N-dealkylation sites (N-methyl/N-ethyl adjacent to an activating group) is 1. The molecule has 0 rings (SSSR count). The maximum Gasteiger partial charge on any atom is 0.268 e. The fourth-order valence-corrected chi connectivity index (χ4v) is 7.82. The van der Waals surface area contributed by atoms with E-state index in [1.807, 2.05) is 27.2 Å². The molecule has 63 heavy (non-hydrogen) atoms. The highest BCUT2D eigenvalue weighted by Gasteiger charge is 2.23. The van der Waals surface area contributed by atoms with Gasteiger partial charge in [0, 0.05) is 6.42 Å². The maximum absolute atomic E-state index is 12.9. The van der Waals surface area contributed by atoms with Gasteiger partial charge in [-0.1, -0.05) is 209 Å². The van der Waals surface area contributed by atoms with Crippen molar-refractivity contribution in [2.45, 2.75) is 225 Å². The van der Waals surface area contributed by atoms with Gasteiger partial charge < -0.3 is 28.8 Å². The van der Waals surface area contributed by atoms with Gasteiger partial charge in [0.25, 0.3) is 7.82 Å². The number of phosphoric acid groups is 1. The highest BCUT2D eigenvalue weighted by molar-refractivity contribution is 7.45. The lowest BCUT2D eigenvalue weighted by atomic mass is 10.0. The fraction of sp³-hybridized carbons (Fsp3) is 0.759. The van der Waals surface area contributed by atoms with Crippen molar-refractivity contribution in [1.82, 2.24) is 5.32 Å². The number of aliphatic hydroxyl groups is 1. The van der Waals surface area contributed by atoms with E-state index in [2.05, 4.69) is 79.9 Å². The summed E-state index contributed by atoms with van der Waals surface area (Å²) in [6, 6.07) is -0.912. The van der Waals surface area contributed by atoms with Crippen LogP contribution in [0, 0.1) is 0 Å². The molecule has 0 spiro atoms. The van der Waals surface area contributed by atoms with Crippen LogP contribution in [-0.2, 0) is 18.4 Å². The Labute approximate surface area is 389 Å². The molecule has 0 saturated heterocycles. The van der Waals surface area contributed by atoms with E-state index in [0.717, 1.165) is 77.0 Å². The van der Waals surface area contributed by atoms with E-state index in [1.165, 1.54) is 116 Å². The third-order valence-corrected chi connectivity index (χ3v) is 12.1. The Balaban J connectivity index is 4.38. The van der Waals surface area contributed by atoms with Crippen LogP contribution >= 0.6 is 7.82 Å². The van der Waals surface area contributed by atoms with Crippen LogP contribution in [0.1, 0.15) is 213 Å². The fourth-order valence-electron chi connectivity index (χ4n) is 7.10. The predicted octanol–water partition coefficient (Wildman–Crippen LogP) is 14.5. The van der Waals surface area contributed by atoms with E-state index < -0.39 is 26.6 Å². The molecule has 0 aromatic heterocycles. The van der Waals surface area contributed by atoms with Gasteiger partial charge in [-0.05, 0) is 70.6 Å². The van der Waals surface area contributed by atoms with Crippen LogP contribution in [0.4, 0.5) is 0 Å². The first-order chi connectivity index (χ1) is 30.5. The molecule has 0 radical (unpaired) electrons. The molecule has 3 unspecified atom stereocenters. The molecule has 2 N–H and O–H groups in total. The number of allylic oxidation sites excluding steroid dienone is 11. The summed E-state index contributed by atoms with van der Waals surface area (Å²) in [5, 5.41) is 13.8. The van der Waals surface area contributed by atoms with Gasteiger partial charge in [-0.15, -0.1) is 0 Å². The standard InChI is InChI=1S/C54H99N2O6P/c1-6-8-10-12-14-16-18-20-22-24-26-28-30-32-34-36-38-40-42-44-46-48-54(58)55-52(51-62-63(59,60)61-50-49-56(3,4)5)53(57)47-45-43-41-39-37-35-33-31-29-27-25-23-21-19-17-15-13-11-9-7-2/h8,10,14,16,20,22,26,28,37,39,45,47,52-53,57H,6-7,9,11-13,15,17-19,21,23-25,27,29-36,38,40-44,46,48-51H2,1-5H3,(H-,55,58,59,60)/b10-8-,16-14-,22-20-,28-26-,39-37+,47-45+. The van der Waals surface area contributed by atoms with Crippen molar-refractivity contribution >= 4 is 13.7 Å². The number of hydrogen-bond acceptors (Lipinski definition) is 6. The van der Waals surface area contributed by atoms with Gasteiger partial charge in [0.2, 0.25) is 5.91 Å². The average molecular weight is 903 g/mol. The third-order valence-electron chi connectivity index (χ3n) is 11.2. The minimum absolute atomic E-state index is 0.0112. The molecular weight excluding hydrogens is 804 g/mol. The van der Waals surface area contributed by atoms with E-state index in [1.54, 1.807) is 6.08 Å². The first-order valence-corrected chi connectivity index (χ1v) is 27.3. The van der Waals surface area contributed by atoms with Crippen LogP contribution in [0.5, 0.6) is 0 Å². The topological polar surface area (TPSA) is 108 Å². The highest BCUT2D eigenvalue weighted by Crippen LogP contribution is 2.38. The summed E-state index contributed by atoms with van der Waals surface area (Å²) in [7, 11) is 1.23. The molecule has 0 aliphatic heterocycles. The summed E-state index contributed by atoms with van der Waals surface area (Å²) < 4.78 is 23.3. The van der Waals surface area contributed by atoms with Crippen molar-refractivity contribution in [2.75, 3.05) is 40.9 Å². The minimum atomic E-state index is -4.61.